The number of nitrogens with two attached hydrogens (primary N) is 1. The van der Waals surface area contributed by atoms with E-state index < -0.39 is 5.91 Å². The number of rotatable bonds is 11. The average Bonchev–Trinajstić information content (AvgIpc) is 2.93. The van der Waals surface area contributed by atoms with E-state index in [1.54, 1.807) is 0 Å². The molecule has 0 bridgehead atoms. The van der Waals surface area contributed by atoms with Crippen molar-refractivity contribution in [3.63, 3.8) is 0 Å². The van der Waals surface area contributed by atoms with Crippen molar-refractivity contribution < 1.29 is 19.1 Å². The Labute approximate surface area is 223 Å². The molecule has 1 aliphatic heterocycles. The molecule has 9 heteroatoms. The molecule has 0 saturated carbocycles. The summed E-state index contributed by atoms with van der Waals surface area (Å²) in [5.41, 5.74) is 10.1. The third kappa shape index (κ3) is 5.99. The second-order valence-corrected chi connectivity index (χ2v) is 9.24. The summed E-state index contributed by atoms with van der Waals surface area (Å²) in [6.07, 6.45) is 5.23. The number of amides is 2. The van der Waals surface area contributed by atoms with Crippen molar-refractivity contribution in [1.29, 1.82) is 0 Å². The van der Waals surface area contributed by atoms with E-state index in [1.807, 2.05) is 44.2 Å². The lowest BCUT2D eigenvalue weighted by Gasteiger charge is -2.23. The second-order valence-electron chi connectivity index (χ2n) is 9.24. The second kappa shape index (κ2) is 12.6. The fourth-order valence-corrected chi connectivity index (χ4v) is 4.91. The number of anilines is 2. The van der Waals surface area contributed by atoms with Gasteiger partial charge in [-0.1, -0.05) is 25.5 Å². The zero-order chi connectivity index (χ0) is 27.1. The molecule has 9 nitrogen and oxygen atoms in total. The molecule has 2 heterocycles. The first kappa shape index (κ1) is 27.2. The normalized spacial score (nSPS) is 15.2. The Morgan fingerprint density at radius 3 is 2.53 bits per heavy atom. The summed E-state index contributed by atoms with van der Waals surface area (Å²) in [4.78, 5) is 29.6. The Hall–Kier alpha value is -3.85. The molecule has 4 rings (SSSR count). The molecule has 2 aromatic carbocycles. The summed E-state index contributed by atoms with van der Waals surface area (Å²) < 4.78 is 11.6. The molecule has 2 amide bonds. The number of piperidine rings is 1. The van der Waals surface area contributed by atoms with Gasteiger partial charge in [-0.05, 0) is 62.9 Å². The number of hydrogen-bond acceptors (Lipinski definition) is 7. The number of pyridine rings is 1. The minimum atomic E-state index is -0.588. The summed E-state index contributed by atoms with van der Waals surface area (Å²) in [6.45, 7) is 8.11. The lowest BCUT2D eigenvalue weighted by Crippen LogP contribution is -2.46. The van der Waals surface area contributed by atoms with Gasteiger partial charge >= 0.3 is 0 Å². The Morgan fingerprint density at radius 2 is 1.87 bits per heavy atom. The van der Waals surface area contributed by atoms with Crippen molar-refractivity contribution in [1.82, 2.24) is 15.6 Å². The number of hydrogen-bond donors (Lipinski definition) is 4. The molecule has 0 aliphatic carbocycles. The van der Waals surface area contributed by atoms with Gasteiger partial charge in [-0.2, -0.15) is 0 Å². The lowest BCUT2D eigenvalue weighted by molar-refractivity contribution is -0.123. The first-order chi connectivity index (χ1) is 18.5. The Balaban J connectivity index is 1.70. The molecule has 0 spiro atoms. The number of carbonyl (C=O) groups excluding carboxylic acids is 2. The van der Waals surface area contributed by atoms with Crippen LogP contribution >= 0.6 is 0 Å². The first-order valence-electron chi connectivity index (χ1n) is 13.4. The van der Waals surface area contributed by atoms with E-state index in [1.165, 1.54) is 6.20 Å². The van der Waals surface area contributed by atoms with Crippen molar-refractivity contribution >= 4 is 34.1 Å². The van der Waals surface area contributed by atoms with Crippen LogP contribution in [0, 0.1) is 0 Å². The third-order valence-electron chi connectivity index (χ3n) is 6.76. The maximum Gasteiger partial charge on any atom is 0.252 e. The fourth-order valence-electron chi connectivity index (χ4n) is 4.91. The predicted octanol–water partition coefficient (Wildman–Crippen LogP) is 4.20. The molecule has 38 heavy (non-hydrogen) atoms. The quantitative estimate of drug-likeness (QED) is 0.299. The Morgan fingerprint density at radius 1 is 1.11 bits per heavy atom. The number of ether oxygens (including phenoxy) is 2. The largest absolute Gasteiger partial charge is 0.490 e. The van der Waals surface area contributed by atoms with E-state index in [0.717, 1.165) is 49.0 Å². The van der Waals surface area contributed by atoms with E-state index in [2.05, 4.69) is 27.9 Å². The summed E-state index contributed by atoms with van der Waals surface area (Å²) in [5, 5.41) is 10.5. The molecule has 1 aliphatic rings. The van der Waals surface area contributed by atoms with Crippen LogP contribution in [0.1, 0.15) is 61.5 Å². The van der Waals surface area contributed by atoms with Crippen molar-refractivity contribution in [2.24, 2.45) is 5.73 Å². The summed E-state index contributed by atoms with van der Waals surface area (Å²) in [7, 11) is 0. The highest BCUT2D eigenvalue weighted by Gasteiger charge is 2.21. The van der Waals surface area contributed by atoms with Crippen LogP contribution in [0.4, 0.5) is 11.4 Å². The van der Waals surface area contributed by atoms with Gasteiger partial charge in [-0.15, -0.1) is 0 Å². The van der Waals surface area contributed by atoms with Crippen LogP contribution in [0.5, 0.6) is 11.5 Å². The van der Waals surface area contributed by atoms with Gasteiger partial charge in [0.2, 0.25) is 5.91 Å². The van der Waals surface area contributed by atoms with Crippen molar-refractivity contribution in [2.75, 3.05) is 25.1 Å². The number of aromatic nitrogens is 1. The van der Waals surface area contributed by atoms with E-state index >= 15 is 0 Å². The molecule has 0 radical (unpaired) electrons. The third-order valence-corrected chi connectivity index (χ3v) is 6.76. The van der Waals surface area contributed by atoms with Gasteiger partial charge in [0.15, 0.2) is 11.5 Å². The van der Waals surface area contributed by atoms with E-state index in [-0.39, 0.29) is 17.5 Å². The maximum absolute atomic E-state index is 12.7. The van der Waals surface area contributed by atoms with Crippen LogP contribution < -0.4 is 31.2 Å². The van der Waals surface area contributed by atoms with Crippen molar-refractivity contribution in [2.45, 2.75) is 59.0 Å². The lowest BCUT2D eigenvalue weighted by atomic mass is 10.0. The standard InChI is InChI=1S/C29H37N5O4/c1-4-19-18(16-33-29(36)23-11-7-8-13-31-23)10-9-12-22(19)34-27-20-14-25(37-5-2)26(38-6-3)15-24(20)32-17-21(27)28(30)35/h9-10,12,14-15,17,23,31H,4-8,11,13,16H2,1-3H3,(H2,30,35)(H,32,34)(H,33,36)/t23-/m1/s1. The van der Waals surface area contributed by atoms with E-state index in [9.17, 15) is 9.59 Å². The topological polar surface area (TPSA) is 128 Å². The number of carbonyl (C=O) groups is 2. The highest BCUT2D eigenvalue weighted by molar-refractivity contribution is 6.08. The number of nitrogens with zero attached hydrogens (tertiary/aromatic N) is 1. The Kier molecular flexibility index (Phi) is 9.02. The van der Waals surface area contributed by atoms with Gasteiger partial charge < -0.3 is 31.2 Å². The molecule has 1 atom stereocenters. The van der Waals surface area contributed by atoms with Crippen LogP contribution in [0.25, 0.3) is 10.9 Å². The summed E-state index contributed by atoms with van der Waals surface area (Å²) in [5.74, 6) is 0.591. The minimum Gasteiger partial charge on any atom is -0.490 e. The number of benzene rings is 2. The van der Waals surface area contributed by atoms with Crippen molar-refractivity contribution in [3.8, 4) is 11.5 Å². The fraction of sp³-hybridized carbons (Fsp3) is 0.414. The predicted molar refractivity (Wildman–Crippen MR) is 149 cm³/mol. The summed E-state index contributed by atoms with van der Waals surface area (Å²) in [6, 6.07) is 9.41. The van der Waals surface area contributed by atoms with Crippen LogP contribution in [-0.4, -0.2) is 42.6 Å². The molecule has 1 fully saturated rings. The van der Waals surface area contributed by atoms with Crippen LogP contribution in [0.15, 0.2) is 36.5 Å². The van der Waals surface area contributed by atoms with Gasteiger partial charge in [-0.25, -0.2) is 0 Å². The van der Waals surface area contributed by atoms with Gasteiger partial charge in [-0.3, -0.25) is 14.6 Å². The van der Waals surface area contributed by atoms with E-state index in [0.29, 0.717) is 47.8 Å². The highest BCUT2D eigenvalue weighted by atomic mass is 16.5. The zero-order valence-electron chi connectivity index (χ0n) is 22.4. The molecular formula is C29H37N5O4. The van der Waals surface area contributed by atoms with Crippen molar-refractivity contribution in [3.05, 3.63) is 53.2 Å². The van der Waals surface area contributed by atoms with Crippen LogP contribution in [-0.2, 0) is 17.8 Å². The van der Waals surface area contributed by atoms with Gasteiger partial charge in [0.1, 0.15) is 0 Å². The van der Waals surface area contributed by atoms with Gasteiger partial charge in [0, 0.05) is 29.9 Å². The highest BCUT2D eigenvalue weighted by Crippen LogP contribution is 2.38. The molecular weight excluding hydrogens is 482 g/mol. The number of primary amides is 1. The van der Waals surface area contributed by atoms with Crippen LogP contribution in [0.3, 0.4) is 0 Å². The minimum absolute atomic E-state index is 0.0230. The molecule has 0 unspecified atom stereocenters. The SMILES string of the molecule is CCOc1cc2ncc(C(N)=O)c(Nc3cccc(CNC(=O)[C@H]4CCCCN4)c3CC)c2cc1OCC. The molecule has 1 saturated heterocycles. The molecule has 202 valence electrons. The first-order valence-corrected chi connectivity index (χ1v) is 13.4. The average molecular weight is 520 g/mol. The van der Waals surface area contributed by atoms with Gasteiger partial charge in [0.05, 0.1) is 36.0 Å². The number of fused-ring (bicyclic) bond motifs is 1. The van der Waals surface area contributed by atoms with E-state index in [4.69, 9.17) is 15.2 Å². The molecule has 3 aromatic rings. The Bertz CT molecular complexity index is 1300. The zero-order valence-corrected chi connectivity index (χ0v) is 22.4. The maximum atomic E-state index is 12.7. The smallest absolute Gasteiger partial charge is 0.252 e. The molecule has 5 N–H and O–H groups in total. The van der Waals surface area contributed by atoms with Crippen LogP contribution in [0.2, 0.25) is 0 Å². The number of nitrogens with one attached hydrogen (secondary N) is 3. The summed E-state index contributed by atoms with van der Waals surface area (Å²) >= 11 is 0. The monoisotopic (exact) mass is 519 g/mol. The molecule has 1 aromatic heterocycles. The van der Waals surface area contributed by atoms with Gasteiger partial charge in [0.25, 0.3) is 5.91 Å².